The van der Waals surface area contributed by atoms with Crippen LogP contribution >= 0.6 is 0 Å². The molecular formula is C16H28. The predicted octanol–water partition coefficient (Wildman–Crippen LogP) is 5.20. The van der Waals surface area contributed by atoms with E-state index in [2.05, 4.69) is 41.2 Å². The molecule has 0 heteroatoms. The second kappa shape index (κ2) is 3.37. The van der Waals surface area contributed by atoms with Crippen LogP contribution in [0.2, 0.25) is 0 Å². The maximum absolute atomic E-state index is 4.33. The Bertz CT molecular complexity index is 308. The molecular weight excluding hydrogens is 192 g/mol. The Morgan fingerprint density at radius 2 is 1.69 bits per heavy atom. The highest BCUT2D eigenvalue weighted by molar-refractivity contribution is 5.16. The molecule has 0 aromatic heterocycles. The minimum atomic E-state index is 0.360. The van der Waals surface area contributed by atoms with E-state index in [1.165, 1.54) is 37.7 Å². The number of allylic oxidation sites excluding steroid dienone is 1. The van der Waals surface area contributed by atoms with Gasteiger partial charge >= 0.3 is 0 Å². The summed E-state index contributed by atoms with van der Waals surface area (Å²) >= 11 is 0. The van der Waals surface area contributed by atoms with Crippen LogP contribution in [-0.2, 0) is 0 Å². The number of hydrogen-bond acceptors (Lipinski definition) is 0. The molecule has 2 saturated carbocycles. The van der Waals surface area contributed by atoms with Crippen LogP contribution in [0, 0.1) is 22.2 Å². The lowest BCUT2D eigenvalue weighted by atomic mass is 9.49. The zero-order chi connectivity index (χ0) is 12.2. The minimum Gasteiger partial charge on any atom is -0.0993 e. The average Bonchev–Trinajstić information content (AvgIpc) is 2.05. The summed E-state index contributed by atoms with van der Waals surface area (Å²) < 4.78 is 0. The molecule has 0 bridgehead atoms. The Balaban J connectivity index is 2.25. The third-order valence-electron chi connectivity index (χ3n) is 5.33. The lowest BCUT2D eigenvalue weighted by Crippen LogP contribution is -2.45. The van der Waals surface area contributed by atoms with Gasteiger partial charge < -0.3 is 0 Å². The molecule has 0 heterocycles. The van der Waals surface area contributed by atoms with Crippen molar-refractivity contribution in [1.29, 1.82) is 0 Å². The zero-order valence-corrected chi connectivity index (χ0v) is 11.8. The molecule has 0 aromatic rings. The van der Waals surface area contributed by atoms with Gasteiger partial charge in [0.15, 0.2) is 0 Å². The van der Waals surface area contributed by atoms with Gasteiger partial charge in [0.2, 0.25) is 0 Å². The zero-order valence-electron chi connectivity index (χ0n) is 11.8. The minimum absolute atomic E-state index is 0.360. The van der Waals surface area contributed by atoms with Gasteiger partial charge in [-0.15, -0.1) is 0 Å². The average molecular weight is 220 g/mol. The van der Waals surface area contributed by atoms with Gasteiger partial charge in [0.25, 0.3) is 0 Å². The third kappa shape index (κ3) is 1.96. The van der Waals surface area contributed by atoms with Crippen molar-refractivity contribution in [3.8, 4) is 0 Å². The molecule has 2 aliphatic carbocycles. The van der Waals surface area contributed by atoms with Crippen LogP contribution in [0.15, 0.2) is 12.2 Å². The standard InChI is InChI=1S/C16H28/c1-12-9-13-7-8-14(2,3)10-16(13,6)11-15(12,4)5/h13H,1,7-11H2,2-6H3/t13?,16-/m0/s1. The lowest BCUT2D eigenvalue weighted by molar-refractivity contribution is -0.0185. The van der Waals surface area contributed by atoms with E-state index in [1.807, 2.05) is 0 Å². The molecule has 2 rings (SSSR count). The maximum atomic E-state index is 4.33. The van der Waals surface area contributed by atoms with E-state index in [0.29, 0.717) is 16.2 Å². The molecule has 0 aliphatic heterocycles. The van der Waals surface area contributed by atoms with Crippen molar-refractivity contribution in [3.05, 3.63) is 12.2 Å². The molecule has 2 fully saturated rings. The van der Waals surface area contributed by atoms with Gasteiger partial charge in [0.1, 0.15) is 0 Å². The smallest absolute Gasteiger partial charge is 0.0142 e. The van der Waals surface area contributed by atoms with Crippen molar-refractivity contribution in [1.82, 2.24) is 0 Å². The van der Waals surface area contributed by atoms with Crippen molar-refractivity contribution >= 4 is 0 Å². The van der Waals surface area contributed by atoms with Crippen molar-refractivity contribution in [2.45, 2.75) is 66.7 Å². The summed E-state index contributed by atoms with van der Waals surface area (Å²) in [5, 5.41) is 0. The van der Waals surface area contributed by atoms with E-state index in [-0.39, 0.29) is 0 Å². The highest BCUT2D eigenvalue weighted by atomic mass is 14.5. The van der Waals surface area contributed by atoms with Crippen molar-refractivity contribution in [2.24, 2.45) is 22.2 Å². The molecule has 0 aromatic carbocycles. The first kappa shape index (κ1) is 12.2. The highest BCUT2D eigenvalue weighted by Gasteiger charge is 2.49. The van der Waals surface area contributed by atoms with Crippen LogP contribution in [-0.4, -0.2) is 0 Å². The van der Waals surface area contributed by atoms with Crippen molar-refractivity contribution in [3.63, 3.8) is 0 Å². The second-order valence-corrected chi connectivity index (χ2v) is 8.10. The van der Waals surface area contributed by atoms with Crippen LogP contribution < -0.4 is 0 Å². The van der Waals surface area contributed by atoms with Crippen LogP contribution in [0.5, 0.6) is 0 Å². The Kier molecular flexibility index (Phi) is 2.57. The predicted molar refractivity (Wildman–Crippen MR) is 71.4 cm³/mol. The van der Waals surface area contributed by atoms with Crippen LogP contribution in [0.1, 0.15) is 66.7 Å². The SMILES string of the molecule is C=C1CC2CCC(C)(C)C[C@@]2(C)CC1(C)C. The number of hydrogen-bond donors (Lipinski definition) is 0. The van der Waals surface area contributed by atoms with E-state index >= 15 is 0 Å². The van der Waals surface area contributed by atoms with Crippen LogP contribution in [0.25, 0.3) is 0 Å². The summed E-state index contributed by atoms with van der Waals surface area (Å²) in [7, 11) is 0. The summed E-state index contributed by atoms with van der Waals surface area (Å²) in [6.45, 7) is 16.5. The quantitative estimate of drug-likeness (QED) is 0.492. The lowest BCUT2D eigenvalue weighted by Gasteiger charge is -2.56. The van der Waals surface area contributed by atoms with Gasteiger partial charge in [0.05, 0.1) is 0 Å². The molecule has 2 atom stereocenters. The largest absolute Gasteiger partial charge is 0.0993 e. The fourth-order valence-electron chi connectivity index (χ4n) is 4.50. The summed E-state index contributed by atoms with van der Waals surface area (Å²) in [6.07, 6.45) is 6.84. The van der Waals surface area contributed by atoms with Crippen LogP contribution in [0.4, 0.5) is 0 Å². The number of rotatable bonds is 0. The summed E-state index contributed by atoms with van der Waals surface area (Å²) in [5.41, 5.74) is 2.97. The van der Waals surface area contributed by atoms with Gasteiger partial charge in [-0.05, 0) is 54.3 Å². The Morgan fingerprint density at radius 3 is 2.31 bits per heavy atom. The first-order chi connectivity index (χ1) is 7.15. The molecule has 0 spiro atoms. The molecule has 0 N–H and O–H groups in total. The first-order valence-corrected chi connectivity index (χ1v) is 6.83. The van der Waals surface area contributed by atoms with Gasteiger partial charge in [-0.3, -0.25) is 0 Å². The van der Waals surface area contributed by atoms with E-state index in [1.54, 1.807) is 0 Å². The topological polar surface area (TPSA) is 0 Å². The summed E-state index contributed by atoms with van der Waals surface area (Å²) in [5.74, 6) is 0.904. The Morgan fingerprint density at radius 1 is 1.06 bits per heavy atom. The molecule has 0 nitrogen and oxygen atoms in total. The fourth-order valence-corrected chi connectivity index (χ4v) is 4.50. The monoisotopic (exact) mass is 220 g/mol. The van der Waals surface area contributed by atoms with Gasteiger partial charge in [-0.2, -0.15) is 0 Å². The van der Waals surface area contributed by atoms with Crippen LogP contribution in [0.3, 0.4) is 0 Å². The van der Waals surface area contributed by atoms with Crippen molar-refractivity contribution in [2.75, 3.05) is 0 Å². The molecule has 0 radical (unpaired) electrons. The molecule has 1 unspecified atom stereocenters. The summed E-state index contributed by atoms with van der Waals surface area (Å²) in [4.78, 5) is 0. The van der Waals surface area contributed by atoms with Gasteiger partial charge in [-0.1, -0.05) is 46.8 Å². The molecule has 0 amide bonds. The van der Waals surface area contributed by atoms with Gasteiger partial charge in [0, 0.05) is 0 Å². The fraction of sp³-hybridized carbons (Fsp3) is 0.875. The molecule has 0 saturated heterocycles. The first-order valence-electron chi connectivity index (χ1n) is 6.83. The van der Waals surface area contributed by atoms with Gasteiger partial charge in [-0.25, -0.2) is 0 Å². The molecule has 16 heavy (non-hydrogen) atoms. The summed E-state index contributed by atoms with van der Waals surface area (Å²) in [6, 6.07) is 0. The maximum Gasteiger partial charge on any atom is -0.0142 e. The molecule has 92 valence electrons. The van der Waals surface area contributed by atoms with E-state index in [4.69, 9.17) is 0 Å². The Hall–Kier alpha value is -0.260. The number of fused-ring (bicyclic) bond motifs is 1. The van der Waals surface area contributed by atoms with E-state index in [9.17, 15) is 0 Å². The normalized spacial score (nSPS) is 41.6. The third-order valence-corrected chi connectivity index (χ3v) is 5.33. The highest BCUT2D eigenvalue weighted by Crippen LogP contribution is 2.60. The van der Waals surface area contributed by atoms with E-state index in [0.717, 1.165) is 5.92 Å². The van der Waals surface area contributed by atoms with Crippen molar-refractivity contribution < 1.29 is 0 Å². The Labute approximate surface area is 102 Å². The second-order valence-electron chi connectivity index (χ2n) is 8.10. The van der Waals surface area contributed by atoms with E-state index < -0.39 is 0 Å². The molecule has 2 aliphatic rings.